The van der Waals surface area contributed by atoms with Gasteiger partial charge in [0, 0.05) is 36.0 Å². The minimum absolute atomic E-state index is 0.00107. The van der Waals surface area contributed by atoms with Gasteiger partial charge in [0.1, 0.15) is 11.0 Å². The molecule has 0 saturated carbocycles. The molecule has 0 saturated heterocycles. The van der Waals surface area contributed by atoms with E-state index in [1.54, 1.807) is 11.0 Å². The Balaban J connectivity index is 1.73. The van der Waals surface area contributed by atoms with Crippen LogP contribution in [0.25, 0.3) is 16.7 Å². The van der Waals surface area contributed by atoms with Crippen molar-refractivity contribution >= 4 is 22.6 Å². The summed E-state index contributed by atoms with van der Waals surface area (Å²) in [5.41, 5.74) is 5.30. The Labute approximate surface area is 149 Å². The molecule has 0 fully saturated rings. The van der Waals surface area contributed by atoms with Gasteiger partial charge in [-0.1, -0.05) is 24.3 Å². The Kier molecular flexibility index (Phi) is 3.28. The second kappa shape index (κ2) is 5.77. The monoisotopic (exact) mass is 341 g/mol. The molecule has 0 spiro atoms. The number of anilines is 1. The molecule has 5 rings (SSSR count). The van der Waals surface area contributed by atoms with Gasteiger partial charge in [-0.05, 0) is 35.9 Å². The zero-order valence-electron chi connectivity index (χ0n) is 13.8. The SMILES string of the molecule is O=C1C[C@@H](c2cccnc2)c2c(ccc3nn(-c4ccccc4)nc23)N1. The van der Waals surface area contributed by atoms with Crippen LogP contribution in [-0.4, -0.2) is 25.9 Å². The van der Waals surface area contributed by atoms with Crippen molar-refractivity contribution in [1.29, 1.82) is 0 Å². The van der Waals surface area contributed by atoms with Gasteiger partial charge in [-0.15, -0.1) is 10.2 Å². The van der Waals surface area contributed by atoms with E-state index in [1.807, 2.05) is 60.8 Å². The van der Waals surface area contributed by atoms with Crippen molar-refractivity contribution in [3.63, 3.8) is 0 Å². The van der Waals surface area contributed by atoms with Crippen molar-refractivity contribution in [2.45, 2.75) is 12.3 Å². The lowest BCUT2D eigenvalue weighted by Gasteiger charge is -2.25. The number of nitrogens with zero attached hydrogens (tertiary/aromatic N) is 4. The largest absolute Gasteiger partial charge is 0.326 e. The van der Waals surface area contributed by atoms with Crippen LogP contribution >= 0.6 is 0 Å². The Morgan fingerprint density at radius 3 is 2.69 bits per heavy atom. The lowest BCUT2D eigenvalue weighted by molar-refractivity contribution is -0.116. The Bertz CT molecular complexity index is 1110. The van der Waals surface area contributed by atoms with Gasteiger partial charge in [-0.25, -0.2) is 0 Å². The Morgan fingerprint density at radius 2 is 1.88 bits per heavy atom. The summed E-state index contributed by atoms with van der Waals surface area (Å²) in [6.45, 7) is 0. The fraction of sp³-hybridized carbons (Fsp3) is 0.100. The topological polar surface area (TPSA) is 72.7 Å². The standard InChI is InChI=1S/C20H15N5O/c26-18-11-15(13-5-4-10-21-12-13)19-16(22-18)8-9-17-20(19)24-25(23-17)14-6-2-1-3-7-14/h1-10,12,15H,11H2,(H,22,26)/t15-/m0/s1. The molecule has 26 heavy (non-hydrogen) atoms. The van der Waals surface area contributed by atoms with Crippen LogP contribution in [0.2, 0.25) is 0 Å². The van der Waals surface area contributed by atoms with Crippen LogP contribution in [0.4, 0.5) is 5.69 Å². The quantitative estimate of drug-likeness (QED) is 0.607. The van der Waals surface area contributed by atoms with Gasteiger partial charge in [0.2, 0.25) is 5.91 Å². The number of amides is 1. The van der Waals surface area contributed by atoms with Crippen molar-refractivity contribution in [3.05, 3.63) is 78.1 Å². The van der Waals surface area contributed by atoms with Gasteiger partial charge >= 0.3 is 0 Å². The smallest absolute Gasteiger partial charge is 0.225 e. The first-order valence-electron chi connectivity index (χ1n) is 8.45. The second-order valence-electron chi connectivity index (χ2n) is 6.31. The average Bonchev–Trinajstić information content (AvgIpc) is 3.13. The van der Waals surface area contributed by atoms with Crippen LogP contribution in [0, 0.1) is 0 Å². The van der Waals surface area contributed by atoms with E-state index in [-0.39, 0.29) is 11.8 Å². The number of benzene rings is 2. The minimum Gasteiger partial charge on any atom is -0.326 e. The molecule has 1 amide bonds. The van der Waals surface area contributed by atoms with Crippen LogP contribution in [0.15, 0.2) is 67.0 Å². The summed E-state index contributed by atoms with van der Waals surface area (Å²) in [5.74, 6) is -0.0850. The van der Waals surface area contributed by atoms with Crippen molar-refractivity contribution in [3.8, 4) is 5.69 Å². The summed E-state index contributed by atoms with van der Waals surface area (Å²) in [6.07, 6.45) is 3.92. The van der Waals surface area contributed by atoms with Crippen molar-refractivity contribution in [2.24, 2.45) is 0 Å². The van der Waals surface area contributed by atoms with Gasteiger partial charge in [-0.3, -0.25) is 9.78 Å². The fourth-order valence-electron chi connectivity index (χ4n) is 3.50. The van der Waals surface area contributed by atoms with Crippen LogP contribution in [0.3, 0.4) is 0 Å². The van der Waals surface area contributed by atoms with E-state index in [9.17, 15) is 4.79 Å². The number of carbonyl (C=O) groups is 1. The molecule has 0 aliphatic carbocycles. The van der Waals surface area contributed by atoms with E-state index in [0.29, 0.717) is 6.42 Å². The number of nitrogens with one attached hydrogen (secondary N) is 1. The molecule has 0 bridgehead atoms. The zero-order chi connectivity index (χ0) is 17.5. The first kappa shape index (κ1) is 14.8. The third-order valence-corrected chi connectivity index (χ3v) is 4.68. The molecule has 2 aromatic carbocycles. The molecule has 0 unspecified atom stereocenters. The minimum atomic E-state index is -0.0860. The predicted octanol–water partition coefficient (Wildman–Crippen LogP) is 3.29. The number of rotatable bonds is 2. The van der Waals surface area contributed by atoms with Crippen LogP contribution in [0.1, 0.15) is 23.5 Å². The maximum atomic E-state index is 12.2. The lowest BCUT2D eigenvalue weighted by Crippen LogP contribution is -2.23. The number of aromatic nitrogens is 4. The fourth-order valence-corrected chi connectivity index (χ4v) is 3.50. The molecule has 1 aliphatic rings. The molecule has 126 valence electrons. The number of para-hydroxylation sites is 1. The van der Waals surface area contributed by atoms with Gasteiger partial charge < -0.3 is 5.32 Å². The third kappa shape index (κ3) is 2.35. The van der Waals surface area contributed by atoms with Crippen LogP contribution in [0.5, 0.6) is 0 Å². The van der Waals surface area contributed by atoms with E-state index in [2.05, 4.69) is 15.4 Å². The molecule has 1 N–H and O–H groups in total. The second-order valence-corrected chi connectivity index (χ2v) is 6.31. The average molecular weight is 341 g/mol. The van der Waals surface area contributed by atoms with Gasteiger partial charge in [-0.2, -0.15) is 4.80 Å². The van der Waals surface area contributed by atoms with Gasteiger partial charge in [0.15, 0.2) is 0 Å². The first-order chi connectivity index (χ1) is 12.8. The van der Waals surface area contributed by atoms with Crippen LogP contribution < -0.4 is 5.32 Å². The lowest BCUT2D eigenvalue weighted by atomic mass is 9.85. The van der Waals surface area contributed by atoms with Crippen molar-refractivity contribution in [1.82, 2.24) is 20.0 Å². The number of hydrogen-bond donors (Lipinski definition) is 1. The number of hydrogen-bond acceptors (Lipinski definition) is 4. The summed E-state index contributed by atoms with van der Waals surface area (Å²) in [7, 11) is 0. The summed E-state index contributed by atoms with van der Waals surface area (Å²) >= 11 is 0. The van der Waals surface area contributed by atoms with Gasteiger partial charge in [0.05, 0.1) is 5.69 Å². The number of carbonyl (C=O) groups excluding carboxylic acids is 1. The number of pyridine rings is 1. The van der Waals surface area contributed by atoms with E-state index in [1.165, 1.54) is 0 Å². The molecule has 1 atom stereocenters. The highest BCUT2D eigenvalue weighted by Crippen LogP contribution is 2.40. The number of fused-ring (bicyclic) bond motifs is 3. The first-order valence-corrected chi connectivity index (χ1v) is 8.45. The van der Waals surface area contributed by atoms with Crippen molar-refractivity contribution < 1.29 is 4.79 Å². The highest BCUT2D eigenvalue weighted by Gasteiger charge is 2.30. The third-order valence-electron chi connectivity index (χ3n) is 4.68. The molecule has 1 aliphatic heterocycles. The normalized spacial score (nSPS) is 16.3. The molecule has 3 heterocycles. The van der Waals surface area contributed by atoms with Crippen LogP contribution in [-0.2, 0) is 4.79 Å². The Morgan fingerprint density at radius 1 is 1.00 bits per heavy atom. The molecule has 6 heteroatoms. The Hall–Kier alpha value is -3.54. The maximum absolute atomic E-state index is 12.2. The predicted molar refractivity (Wildman–Crippen MR) is 98.2 cm³/mol. The van der Waals surface area contributed by atoms with E-state index in [0.717, 1.165) is 33.5 Å². The summed E-state index contributed by atoms with van der Waals surface area (Å²) < 4.78 is 0. The highest BCUT2D eigenvalue weighted by molar-refractivity contribution is 5.99. The summed E-state index contributed by atoms with van der Waals surface area (Å²) in [4.78, 5) is 18.1. The molecular weight excluding hydrogens is 326 g/mol. The maximum Gasteiger partial charge on any atom is 0.225 e. The molecule has 2 aromatic heterocycles. The van der Waals surface area contributed by atoms with Crippen molar-refractivity contribution in [2.75, 3.05) is 5.32 Å². The molecular formula is C20H15N5O. The molecule has 0 radical (unpaired) electrons. The zero-order valence-corrected chi connectivity index (χ0v) is 13.8. The highest BCUT2D eigenvalue weighted by atomic mass is 16.1. The van der Waals surface area contributed by atoms with Gasteiger partial charge in [0.25, 0.3) is 0 Å². The van der Waals surface area contributed by atoms with E-state index >= 15 is 0 Å². The van der Waals surface area contributed by atoms with E-state index < -0.39 is 0 Å². The summed E-state index contributed by atoms with van der Waals surface area (Å²) in [5, 5.41) is 12.3. The summed E-state index contributed by atoms with van der Waals surface area (Å²) in [6, 6.07) is 17.5. The van der Waals surface area contributed by atoms with E-state index in [4.69, 9.17) is 5.10 Å². The molecule has 6 nitrogen and oxygen atoms in total. The molecule has 4 aromatic rings.